The van der Waals surface area contributed by atoms with Gasteiger partial charge in [-0.05, 0) is 41.0 Å². The first-order chi connectivity index (χ1) is 15.4. The third-order valence-corrected chi connectivity index (χ3v) is 6.47. The number of halogens is 1. The summed E-state index contributed by atoms with van der Waals surface area (Å²) in [6, 6.07) is 12.6. The number of rotatable bonds is 5. The first-order valence-electron chi connectivity index (χ1n) is 9.95. The van der Waals surface area contributed by atoms with E-state index in [1.54, 1.807) is 42.7 Å². The molecule has 1 aliphatic rings. The van der Waals surface area contributed by atoms with E-state index in [0.717, 1.165) is 5.56 Å². The number of carbonyl (C=O) groups is 1. The highest BCUT2D eigenvalue weighted by atomic mass is 79.9. The fraction of sp³-hybridized carbons (Fsp3) is 0.217. The molecule has 0 radical (unpaired) electrons. The molecule has 164 valence electrons. The molecule has 1 fully saturated rings. The van der Waals surface area contributed by atoms with Crippen LogP contribution in [0.3, 0.4) is 0 Å². The number of hydrogen-bond donors (Lipinski definition) is 2. The summed E-state index contributed by atoms with van der Waals surface area (Å²) < 4.78 is 0.692. The second-order valence-electron chi connectivity index (χ2n) is 7.68. The number of pyridine rings is 1. The zero-order valence-electron chi connectivity index (χ0n) is 16.8. The average molecular weight is 498 g/mol. The minimum absolute atomic E-state index is 0.0327. The Morgan fingerprint density at radius 2 is 1.91 bits per heavy atom. The molecule has 4 rings (SSSR count). The molecule has 32 heavy (non-hydrogen) atoms. The van der Waals surface area contributed by atoms with E-state index in [1.807, 2.05) is 6.07 Å². The second kappa shape index (κ2) is 8.96. The van der Waals surface area contributed by atoms with Gasteiger partial charge in [0.1, 0.15) is 6.04 Å². The fourth-order valence-electron chi connectivity index (χ4n) is 4.29. The Morgan fingerprint density at radius 3 is 2.56 bits per heavy atom. The number of piperidine rings is 1. The predicted octanol–water partition coefficient (Wildman–Crippen LogP) is 4.16. The lowest BCUT2D eigenvalue weighted by atomic mass is 9.78. The van der Waals surface area contributed by atoms with Crippen molar-refractivity contribution in [2.75, 3.05) is 0 Å². The number of amides is 1. The monoisotopic (exact) mass is 497 g/mol. The number of aromatic nitrogens is 1. The highest BCUT2D eigenvalue weighted by molar-refractivity contribution is 9.10. The van der Waals surface area contributed by atoms with Crippen molar-refractivity contribution >= 4 is 21.8 Å². The van der Waals surface area contributed by atoms with Crippen LogP contribution >= 0.6 is 15.9 Å². The van der Waals surface area contributed by atoms with Crippen LogP contribution in [0.2, 0.25) is 0 Å². The molecule has 1 amide bonds. The molecule has 0 aliphatic carbocycles. The number of nitrogens with zero attached hydrogens (tertiary/aromatic N) is 3. The molecule has 8 nitrogen and oxygen atoms in total. The predicted molar refractivity (Wildman–Crippen MR) is 120 cm³/mol. The van der Waals surface area contributed by atoms with Crippen LogP contribution in [-0.4, -0.2) is 37.0 Å². The van der Waals surface area contributed by atoms with Gasteiger partial charge in [0.2, 0.25) is 11.9 Å². The van der Waals surface area contributed by atoms with E-state index in [2.05, 4.69) is 20.9 Å². The molecule has 2 N–H and O–H groups in total. The first-order valence-corrected chi connectivity index (χ1v) is 10.7. The molecule has 3 atom stereocenters. The van der Waals surface area contributed by atoms with Crippen LogP contribution in [-0.2, 0) is 11.3 Å². The Kier molecular flexibility index (Phi) is 6.09. The van der Waals surface area contributed by atoms with Gasteiger partial charge in [0.05, 0.1) is 5.92 Å². The Labute approximate surface area is 192 Å². The second-order valence-corrected chi connectivity index (χ2v) is 8.54. The maximum atomic E-state index is 13.4. The summed E-state index contributed by atoms with van der Waals surface area (Å²) in [5.74, 6) is -1.67. The van der Waals surface area contributed by atoms with Gasteiger partial charge in [-0.1, -0.05) is 46.3 Å². The molecule has 1 aromatic heterocycles. The molecule has 1 saturated heterocycles. The van der Waals surface area contributed by atoms with Crippen molar-refractivity contribution in [3.05, 3.63) is 98.3 Å². The average Bonchev–Trinajstić information content (AvgIpc) is 2.77. The van der Waals surface area contributed by atoms with Gasteiger partial charge in [-0.25, -0.2) is 0 Å². The number of nitro groups is 1. The first kappa shape index (κ1) is 21.8. The van der Waals surface area contributed by atoms with Crippen molar-refractivity contribution in [1.82, 2.24) is 9.88 Å². The van der Waals surface area contributed by atoms with Gasteiger partial charge in [-0.2, -0.15) is 0 Å². The quantitative estimate of drug-likeness (QED) is 0.310. The summed E-state index contributed by atoms with van der Waals surface area (Å²) in [5, 5.41) is 32.3. The Bertz CT molecular complexity index is 1160. The maximum absolute atomic E-state index is 13.4. The number of phenolic OH excluding ortho intramolecular Hbond substituents is 2. The zero-order chi connectivity index (χ0) is 22.8. The number of aromatic hydroxyl groups is 2. The summed E-state index contributed by atoms with van der Waals surface area (Å²) in [4.78, 5) is 30.9. The lowest BCUT2D eigenvalue weighted by Crippen LogP contribution is -2.51. The summed E-state index contributed by atoms with van der Waals surface area (Å²) in [5.41, 5.74) is 1.78. The van der Waals surface area contributed by atoms with Crippen molar-refractivity contribution in [2.24, 2.45) is 0 Å². The van der Waals surface area contributed by atoms with Crippen molar-refractivity contribution in [3.63, 3.8) is 0 Å². The van der Waals surface area contributed by atoms with E-state index < -0.39 is 23.8 Å². The zero-order valence-corrected chi connectivity index (χ0v) is 18.4. The standard InChI is InChI=1S/C23H20BrN3O5/c24-18-6-2-1-5-16(18)17-11-21(30)26(13-14-4-3-9-25-12-14)22(23(17)27(31)32)15-7-8-19(28)20(29)10-15/h1-10,12,17,22-23,28-29H,11,13H2/t17?,22-,23+/m1/s1. The number of likely N-dealkylation sites (tertiary alicyclic amines) is 1. The van der Waals surface area contributed by atoms with Gasteiger partial charge in [0.15, 0.2) is 11.5 Å². The summed E-state index contributed by atoms with van der Waals surface area (Å²) in [6.07, 6.45) is 3.19. The number of phenols is 2. The van der Waals surface area contributed by atoms with Crippen LogP contribution in [0, 0.1) is 10.1 Å². The number of hydrogen-bond acceptors (Lipinski definition) is 6. The molecule has 0 spiro atoms. The highest BCUT2D eigenvalue weighted by Gasteiger charge is 2.51. The van der Waals surface area contributed by atoms with Gasteiger partial charge in [-0.3, -0.25) is 19.9 Å². The largest absolute Gasteiger partial charge is 0.504 e. The SMILES string of the molecule is O=C1CC(c2ccccc2Br)[C@H]([N+](=O)[O-])[C@@H](c2ccc(O)c(O)c2)N1Cc1cccnc1. The molecule has 1 unspecified atom stereocenters. The van der Waals surface area contributed by atoms with Crippen molar-refractivity contribution < 1.29 is 19.9 Å². The van der Waals surface area contributed by atoms with E-state index in [9.17, 15) is 25.1 Å². The minimum Gasteiger partial charge on any atom is -0.504 e. The topological polar surface area (TPSA) is 117 Å². The van der Waals surface area contributed by atoms with Gasteiger partial charge < -0.3 is 15.1 Å². The molecule has 2 heterocycles. The van der Waals surface area contributed by atoms with Gasteiger partial charge in [0.25, 0.3) is 0 Å². The van der Waals surface area contributed by atoms with Crippen molar-refractivity contribution in [3.8, 4) is 11.5 Å². The summed E-state index contributed by atoms with van der Waals surface area (Å²) in [6.45, 7) is 0.131. The molecular formula is C23H20BrN3O5. The van der Waals surface area contributed by atoms with Gasteiger partial charge >= 0.3 is 0 Å². The van der Waals surface area contributed by atoms with E-state index in [0.29, 0.717) is 15.6 Å². The van der Waals surface area contributed by atoms with Gasteiger partial charge in [0, 0.05) is 34.8 Å². The molecule has 0 saturated carbocycles. The molecule has 3 aromatic rings. The minimum atomic E-state index is -1.17. The van der Waals surface area contributed by atoms with Crippen LogP contribution in [0.1, 0.15) is 35.1 Å². The van der Waals surface area contributed by atoms with Crippen LogP contribution in [0.4, 0.5) is 0 Å². The Morgan fingerprint density at radius 1 is 1.12 bits per heavy atom. The van der Waals surface area contributed by atoms with Crippen LogP contribution in [0.15, 0.2) is 71.5 Å². The smallest absolute Gasteiger partial charge is 0.244 e. The number of carbonyl (C=O) groups excluding carboxylic acids is 1. The fourth-order valence-corrected chi connectivity index (χ4v) is 4.87. The van der Waals surface area contributed by atoms with E-state index >= 15 is 0 Å². The van der Waals surface area contributed by atoms with Crippen LogP contribution < -0.4 is 0 Å². The van der Waals surface area contributed by atoms with E-state index in [4.69, 9.17) is 0 Å². The van der Waals surface area contributed by atoms with E-state index in [-0.39, 0.29) is 29.5 Å². The van der Waals surface area contributed by atoms with Crippen molar-refractivity contribution in [2.45, 2.75) is 31.0 Å². The normalized spacial score (nSPS) is 20.8. The Hall–Kier alpha value is -3.46. The van der Waals surface area contributed by atoms with Gasteiger partial charge in [-0.15, -0.1) is 0 Å². The third kappa shape index (κ3) is 4.16. The van der Waals surface area contributed by atoms with Crippen LogP contribution in [0.5, 0.6) is 11.5 Å². The number of benzene rings is 2. The van der Waals surface area contributed by atoms with E-state index in [1.165, 1.54) is 23.1 Å². The molecule has 9 heteroatoms. The lowest BCUT2D eigenvalue weighted by Gasteiger charge is -2.41. The molecule has 1 aliphatic heterocycles. The molecular weight excluding hydrogens is 478 g/mol. The lowest BCUT2D eigenvalue weighted by molar-refractivity contribution is -0.537. The highest BCUT2D eigenvalue weighted by Crippen LogP contribution is 2.45. The Balaban J connectivity index is 1.85. The third-order valence-electron chi connectivity index (χ3n) is 5.75. The molecule has 0 bridgehead atoms. The summed E-state index contributed by atoms with van der Waals surface area (Å²) >= 11 is 3.47. The van der Waals surface area contributed by atoms with Crippen molar-refractivity contribution in [1.29, 1.82) is 0 Å². The molecule has 2 aromatic carbocycles. The van der Waals surface area contributed by atoms with Crippen LogP contribution in [0.25, 0.3) is 0 Å². The summed E-state index contributed by atoms with van der Waals surface area (Å²) in [7, 11) is 0. The maximum Gasteiger partial charge on any atom is 0.244 e.